The molecule has 0 aliphatic rings. The molecule has 2 N–H and O–H groups in total. The summed E-state index contributed by atoms with van der Waals surface area (Å²) >= 11 is 0. The number of benzene rings is 2. The van der Waals surface area contributed by atoms with Crippen LogP contribution in [0.1, 0.15) is 0 Å². The molecule has 2 aromatic carbocycles. The van der Waals surface area contributed by atoms with Gasteiger partial charge in [0.15, 0.2) is 17.4 Å². The van der Waals surface area contributed by atoms with Crippen molar-refractivity contribution in [3.63, 3.8) is 0 Å². The number of nitrogens with zero attached hydrogens (tertiary/aromatic N) is 4. The molecule has 0 spiro atoms. The molecule has 0 amide bonds. The summed E-state index contributed by atoms with van der Waals surface area (Å²) < 4.78 is 0. The van der Waals surface area contributed by atoms with E-state index in [4.69, 9.17) is 0 Å². The fourth-order valence-corrected chi connectivity index (χ4v) is 2.55. The number of para-hydroxylation sites is 1. The van der Waals surface area contributed by atoms with Crippen LogP contribution in [0.3, 0.4) is 0 Å². The Morgan fingerprint density at radius 2 is 1.40 bits per heavy atom. The number of fused-ring (bicyclic) bond motifs is 1. The molecule has 0 aliphatic heterocycles. The Labute approximate surface area is 144 Å². The van der Waals surface area contributed by atoms with Gasteiger partial charge in [0.05, 0.1) is 5.52 Å². The summed E-state index contributed by atoms with van der Waals surface area (Å²) in [5, 5.41) is 20.0. The number of hydrogen-bond donors (Lipinski definition) is 2. The zero-order valence-electron chi connectivity index (χ0n) is 13.1. The van der Waals surface area contributed by atoms with Crippen LogP contribution in [0, 0.1) is 0 Å². The lowest BCUT2D eigenvalue weighted by molar-refractivity contribution is 0.422. The lowest BCUT2D eigenvalue weighted by Gasteiger charge is -2.08. The Balaban J connectivity index is 1.89. The minimum Gasteiger partial charge on any atom is -0.421 e. The lowest BCUT2D eigenvalue weighted by atomic mass is 9.90. The highest BCUT2D eigenvalue weighted by Gasteiger charge is 2.19. The van der Waals surface area contributed by atoms with Crippen LogP contribution < -0.4 is 5.72 Å². The van der Waals surface area contributed by atoms with Gasteiger partial charge in [-0.25, -0.2) is 15.0 Å². The summed E-state index contributed by atoms with van der Waals surface area (Å²) in [7, 11) is -1.78. The Hall–Kier alpha value is -3.16. The fourth-order valence-electron chi connectivity index (χ4n) is 2.55. The summed E-state index contributed by atoms with van der Waals surface area (Å²) in [4.78, 5) is 17.2. The SMILES string of the molecule is OB(O)c1nc(-c2ccccc2)nc(-c2cnc3ccccc3c2)n1. The summed E-state index contributed by atoms with van der Waals surface area (Å²) in [5.41, 5.74) is 2.21. The van der Waals surface area contributed by atoms with E-state index in [2.05, 4.69) is 19.9 Å². The van der Waals surface area contributed by atoms with Gasteiger partial charge < -0.3 is 10.0 Å². The van der Waals surface area contributed by atoms with Crippen LogP contribution in [0.4, 0.5) is 0 Å². The highest BCUT2D eigenvalue weighted by atomic mass is 16.4. The van der Waals surface area contributed by atoms with Crippen LogP contribution in [0.15, 0.2) is 66.9 Å². The number of hydrogen-bond acceptors (Lipinski definition) is 6. The molecular weight excluding hydrogens is 315 g/mol. The topological polar surface area (TPSA) is 92.0 Å². The third-order valence-electron chi connectivity index (χ3n) is 3.76. The lowest BCUT2D eigenvalue weighted by Crippen LogP contribution is -2.36. The van der Waals surface area contributed by atoms with Crippen LogP contribution in [0.5, 0.6) is 0 Å². The van der Waals surface area contributed by atoms with Gasteiger partial charge in [-0.1, -0.05) is 48.5 Å². The third-order valence-corrected chi connectivity index (χ3v) is 3.76. The smallest absolute Gasteiger partial charge is 0.421 e. The number of aromatic nitrogens is 4. The average Bonchev–Trinajstić information content (AvgIpc) is 2.68. The summed E-state index contributed by atoms with van der Waals surface area (Å²) in [5.74, 6) is 0.720. The van der Waals surface area contributed by atoms with Gasteiger partial charge in [0.25, 0.3) is 0 Å². The number of rotatable bonds is 3. The quantitative estimate of drug-likeness (QED) is 0.553. The van der Waals surface area contributed by atoms with E-state index < -0.39 is 7.12 Å². The van der Waals surface area contributed by atoms with Crippen LogP contribution in [-0.2, 0) is 0 Å². The Morgan fingerprint density at radius 1 is 0.720 bits per heavy atom. The van der Waals surface area contributed by atoms with Gasteiger partial charge in [0.2, 0.25) is 0 Å². The van der Waals surface area contributed by atoms with Crippen molar-refractivity contribution in [3.05, 3.63) is 66.9 Å². The monoisotopic (exact) mass is 328 g/mol. The van der Waals surface area contributed by atoms with Crippen molar-refractivity contribution in [1.82, 2.24) is 19.9 Å². The van der Waals surface area contributed by atoms with Gasteiger partial charge >= 0.3 is 7.12 Å². The van der Waals surface area contributed by atoms with Crippen LogP contribution in [0.25, 0.3) is 33.7 Å². The maximum Gasteiger partial charge on any atom is 0.528 e. The summed E-state index contributed by atoms with van der Waals surface area (Å²) in [6, 6.07) is 19.0. The molecule has 0 unspecified atom stereocenters. The number of pyridine rings is 1. The Bertz CT molecular complexity index is 1040. The van der Waals surface area contributed by atoms with Gasteiger partial charge in [0.1, 0.15) is 0 Å². The highest BCUT2D eigenvalue weighted by molar-refractivity contribution is 6.56. The molecule has 2 aromatic heterocycles. The molecule has 0 saturated heterocycles. The second-order valence-corrected chi connectivity index (χ2v) is 5.50. The van der Waals surface area contributed by atoms with Crippen molar-refractivity contribution in [2.75, 3.05) is 0 Å². The van der Waals surface area contributed by atoms with E-state index in [1.165, 1.54) is 0 Å². The van der Waals surface area contributed by atoms with Gasteiger partial charge in [0, 0.05) is 22.7 Å². The molecule has 0 atom stereocenters. The maximum atomic E-state index is 9.53. The van der Waals surface area contributed by atoms with Crippen molar-refractivity contribution < 1.29 is 10.0 Å². The molecule has 4 rings (SSSR count). The predicted molar refractivity (Wildman–Crippen MR) is 95.8 cm³/mol. The van der Waals surface area contributed by atoms with Gasteiger partial charge in [-0.2, -0.15) is 0 Å². The first-order chi connectivity index (χ1) is 12.2. The average molecular weight is 328 g/mol. The zero-order chi connectivity index (χ0) is 17.2. The van der Waals surface area contributed by atoms with Crippen molar-refractivity contribution >= 4 is 23.7 Å². The van der Waals surface area contributed by atoms with Crippen molar-refractivity contribution in [3.8, 4) is 22.8 Å². The minimum atomic E-state index is -1.78. The molecule has 25 heavy (non-hydrogen) atoms. The fraction of sp³-hybridized carbons (Fsp3) is 0. The molecule has 0 saturated carbocycles. The van der Waals surface area contributed by atoms with E-state index in [0.29, 0.717) is 17.2 Å². The van der Waals surface area contributed by atoms with E-state index in [-0.39, 0.29) is 5.72 Å². The van der Waals surface area contributed by atoms with E-state index in [9.17, 15) is 10.0 Å². The van der Waals surface area contributed by atoms with E-state index in [1.54, 1.807) is 6.20 Å². The standard InChI is InChI=1S/C18H13BN4O2/c24-19(25)18-22-16(12-6-2-1-3-7-12)21-17(23-18)14-10-13-8-4-5-9-15(13)20-11-14/h1-11,24-25H. The summed E-state index contributed by atoms with van der Waals surface area (Å²) in [6.07, 6.45) is 1.67. The van der Waals surface area contributed by atoms with E-state index >= 15 is 0 Å². The van der Waals surface area contributed by atoms with Crippen molar-refractivity contribution in [1.29, 1.82) is 0 Å². The molecule has 0 radical (unpaired) electrons. The van der Waals surface area contributed by atoms with Crippen molar-refractivity contribution in [2.45, 2.75) is 0 Å². The first kappa shape index (κ1) is 15.4. The normalized spacial score (nSPS) is 10.8. The predicted octanol–water partition coefficient (Wildman–Crippen LogP) is 1.43. The largest absolute Gasteiger partial charge is 0.528 e. The van der Waals surface area contributed by atoms with E-state index in [1.807, 2.05) is 60.7 Å². The third kappa shape index (κ3) is 3.10. The van der Waals surface area contributed by atoms with Gasteiger partial charge in [-0.05, 0) is 12.1 Å². The molecule has 4 aromatic rings. The maximum absolute atomic E-state index is 9.53. The summed E-state index contributed by atoms with van der Waals surface area (Å²) in [6.45, 7) is 0. The molecule has 0 fully saturated rings. The van der Waals surface area contributed by atoms with Crippen LogP contribution in [-0.4, -0.2) is 37.1 Å². The second-order valence-electron chi connectivity index (χ2n) is 5.50. The molecule has 6 nitrogen and oxygen atoms in total. The first-order valence-corrected chi connectivity index (χ1v) is 7.73. The van der Waals surface area contributed by atoms with E-state index in [0.717, 1.165) is 16.5 Å². The minimum absolute atomic E-state index is 0.1000. The molecule has 120 valence electrons. The Kier molecular flexibility index (Phi) is 3.93. The molecular formula is C18H13BN4O2. The van der Waals surface area contributed by atoms with Gasteiger partial charge in [-0.15, -0.1) is 0 Å². The molecule has 0 bridgehead atoms. The first-order valence-electron chi connectivity index (χ1n) is 7.73. The molecule has 0 aliphatic carbocycles. The van der Waals surface area contributed by atoms with Crippen LogP contribution in [0.2, 0.25) is 0 Å². The van der Waals surface area contributed by atoms with Gasteiger partial charge in [-0.3, -0.25) is 4.98 Å². The zero-order valence-corrected chi connectivity index (χ0v) is 13.1. The van der Waals surface area contributed by atoms with Crippen LogP contribution >= 0.6 is 0 Å². The Morgan fingerprint density at radius 3 is 2.16 bits per heavy atom. The second kappa shape index (κ2) is 6.39. The highest BCUT2D eigenvalue weighted by Crippen LogP contribution is 2.21. The molecule has 2 heterocycles. The van der Waals surface area contributed by atoms with Crippen molar-refractivity contribution in [2.24, 2.45) is 0 Å². The molecule has 7 heteroatoms.